The largest absolute Gasteiger partial charge is 0.618 e. The van der Waals surface area contributed by atoms with Gasteiger partial charge in [-0.2, -0.15) is 4.73 Å². The van der Waals surface area contributed by atoms with Crippen LogP contribution in [0.3, 0.4) is 0 Å². The lowest BCUT2D eigenvalue weighted by atomic mass is 10.1. The molecule has 3 nitrogen and oxygen atoms in total. The van der Waals surface area contributed by atoms with Gasteiger partial charge >= 0.3 is 0 Å². The van der Waals surface area contributed by atoms with Gasteiger partial charge in [-0.15, -0.1) is 0 Å². The molecular weight excluding hydrogens is 212 g/mol. The Labute approximate surface area is 99.1 Å². The topological polar surface area (TPSA) is 31.9 Å². The molecule has 0 atom stereocenters. The Kier molecular flexibility index (Phi) is 2.11. The van der Waals surface area contributed by atoms with E-state index in [2.05, 4.69) is 6.07 Å². The molecule has 2 aromatic heterocycles. The zero-order chi connectivity index (χ0) is 11.8. The third-order valence-corrected chi connectivity index (χ3v) is 3.00. The Balaban J connectivity index is 2.35. The lowest BCUT2D eigenvalue weighted by Crippen LogP contribution is -2.27. The van der Waals surface area contributed by atoms with Gasteiger partial charge in [0.05, 0.1) is 5.56 Å². The van der Waals surface area contributed by atoms with Crippen molar-refractivity contribution in [2.45, 2.75) is 0 Å². The van der Waals surface area contributed by atoms with E-state index in [-0.39, 0.29) is 0 Å². The Bertz CT molecular complexity index is 686. The summed E-state index contributed by atoms with van der Waals surface area (Å²) in [6.07, 6.45) is 3.52. The summed E-state index contributed by atoms with van der Waals surface area (Å²) in [5.41, 5.74) is 2.79. The van der Waals surface area contributed by atoms with E-state index in [1.807, 2.05) is 48.1 Å². The number of hydrogen-bond donors (Lipinski definition) is 0. The number of rotatable bonds is 1. The molecule has 3 aromatic rings. The molecule has 0 saturated heterocycles. The zero-order valence-electron chi connectivity index (χ0n) is 9.50. The molecule has 0 fully saturated rings. The molecule has 84 valence electrons. The zero-order valence-corrected chi connectivity index (χ0v) is 9.50. The SMILES string of the molecule is Cn1cc(-c2cccc[n+]2[O-])c2ccccc21. The number of benzene rings is 1. The molecule has 0 aliphatic heterocycles. The minimum absolute atomic E-state index is 0.685. The fraction of sp³-hybridized carbons (Fsp3) is 0.0714. The molecule has 0 aliphatic carbocycles. The van der Waals surface area contributed by atoms with Crippen LogP contribution in [0.25, 0.3) is 22.2 Å². The molecular formula is C14H12N2O. The van der Waals surface area contributed by atoms with Crippen LogP contribution in [0.4, 0.5) is 0 Å². The van der Waals surface area contributed by atoms with Gasteiger partial charge in [-0.25, -0.2) is 0 Å². The monoisotopic (exact) mass is 224 g/mol. The van der Waals surface area contributed by atoms with Crippen LogP contribution in [0, 0.1) is 5.21 Å². The van der Waals surface area contributed by atoms with Gasteiger partial charge in [-0.1, -0.05) is 18.2 Å². The molecule has 0 bridgehead atoms. The van der Waals surface area contributed by atoms with Crippen LogP contribution in [-0.2, 0) is 7.05 Å². The summed E-state index contributed by atoms with van der Waals surface area (Å²) in [5.74, 6) is 0. The van der Waals surface area contributed by atoms with Crippen molar-refractivity contribution in [3.63, 3.8) is 0 Å². The predicted octanol–water partition coefficient (Wildman–Crippen LogP) is 2.48. The highest BCUT2D eigenvalue weighted by Crippen LogP contribution is 2.27. The quantitative estimate of drug-likeness (QED) is 0.461. The molecule has 0 radical (unpaired) electrons. The van der Waals surface area contributed by atoms with E-state index in [1.165, 1.54) is 6.20 Å². The van der Waals surface area contributed by atoms with E-state index in [4.69, 9.17) is 0 Å². The standard InChI is InChI=1S/C14H12N2O/c1-15-10-12(11-6-2-3-7-13(11)15)14-8-4-5-9-16(14)17/h2-10H,1H3. The van der Waals surface area contributed by atoms with Crippen molar-refractivity contribution >= 4 is 10.9 Å². The molecule has 0 amide bonds. The molecule has 1 aromatic carbocycles. The first kappa shape index (κ1) is 9.90. The van der Waals surface area contributed by atoms with Crippen LogP contribution in [0.5, 0.6) is 0 Å². The summed E-state index contributed by atoms with van der Waals surface area (Å²) in [5, 5.41) is 12.9. The molecule has 0 aliphatic rings. The number of aryl methyl sites for hydroxylation is 1. The lowest BCUT2D eigenvalue weighted by Gasteiger charge is -2.01. The van der Waals surface area contributed by atoms with Gasteiger partial charge in [0, 0.05) is 36.3 Å². The fourth-order valence-corrected chi connectivity index (χ4v) is 2.18. The molecule has 0 N–H and O–H groups in total. The van der Waals surface area contributed by atoms with E-state index in [1.54, 1.807) is 6.07 Å². The highest BCUT2D eigenvalue weighted by molar-refractivity contribution is 5.94. The molecule has 17 heavy (non-hydrogen) atoms. The summed E-state index contributed by atoms with van der Waals surface area (Å²) in [7, 11) is 1.99. The molecule has 0 unspecified atom stereocenters. The third-order valence-electron chi connectivity index (χ3n) is 3.00. The normalized spacial score (nSPS) is 10.9. The average molecular weight is 224 g/mol. The molecule has 0 saturated carbocycles. The van der Waals surface area contributed by atoms with Crippen LogP contribution < -0.4 is 4.73 Å². The summed E-state index contributed by atoms with van der Waals surface area (Å²) >= 11 is 0. The second kappa shape index (κ2) is 3.63. The Morgan fingerprint density at radius 2 is 1.82 bits per heavy atom. The van der Waals surface area contributed by atoms with E-state index in [0.29, 0.717) is 5.69 Å². The number of aromatic nitrogens is 2. The van der Waals surface area contributed by atoms with Crippen molar-refractivity contribution in [1.29, 1.82) is 0 Å². The fourth-order valence-electron chi connectivity index (χ4n) is 2.18. The number of nitrogens with zero attached hydrogens (tertiary/aromatic N) is 2. The summed E-state index contributed by atoms with van der Waals surface area (Å²) in [6.45, 7) is 0. The van der Waals surface area contributed by atoms with Gasteiger partial charge in [0.1, 0.15) is 0 Å². The first-order chi connectivity index (χ1) is 8.27. The Hall–Kier alpha value is -2.29. The Morgan fingerprint density at radius 1 is 1.06 bits per heavy atom. The van der Waals surface area contributed by atoms with Gasteiger partial charge in [0.2, 0.25) is 5.69 Å². The highest BCUT2D eigenvalue weighted by atomic mass is 16.5. The van der Waals surface area contributed by atoms with E-state index < -0.39 is 0 Å². The van der Waals surface area contributed by atoms with Gasteiger partial charge < -0.3 is 9.77 Å². The van der Waals surface area contributed by atoms with Crippen LogP contribution >= 0.6 is 0 Å². The summed E-state index contributed by atoms with van der Waals surface area (Å²) in [6, 6.07) is 13.5. The minimum Gasteiger partial charge on any atom is -0.618 e. The molecule has 3 heteroatoms. The van der Waals surface area contributed by atoms with Gasteiger partial charge in [-0.05, 0) is 12.1 Å². The van der Waals surface area contributed by atoms with E-state index in [0.717, 1.165) is 21.2 Å². The van der Waals surface area contributed by atoms with Crippen molar-refractivity contribution in [1.82, 2.24) is 4.57 Å². The van der Waals surface area contributed by atoms with Crippen molar-refractivity contribution in [3.05, 3.63) is 60.1 Å². The molecule has 0 spiro atoms. The van der Waals surface area contributed by atoms with E-state index in [9.17, 15) is 5.21 Å². The third kappa shape index (κ3) is 1.47. The maximum Gasteiger partial charge on any atom is 0.225 e. The van der Waals surface area contributed by atoms with Crippen molar-refractivity contribution in [2.75, 3.05) is 0 Å². The van der Waals surface area contributed by atoms with E-state index >= 15 is 0 Å². The first-order valence-corrected chi connectivity index (χ1v) is 5.50. The van der Waals surface area contributed by atoms with Crippen LogP contribution in [-0.4, -0.2) is 4.57 Å². The second-order valence-corrected chi connectivity index (χ2v) is 4.08. The maximum atomic E-state index is 11.8. The van der Waals surface area contributed by atoms with Crippen LogP contribution in [0.15, 0.2) is 54.9 Å². The molecule has 3 rings (SSSR count). The van der Waals surface area contributed by atoms with Gasteiger partial charge in [-0.3, -0.25) is 0 Å². The van der Waals surface area contributed by atoms with Crippen molar-refractivity contribution in [3.8, 4) is 11.3 Å². The van der Waals surface area contributed by atoms with Crippen molar-refractivity contribution < 1.29 is 4.73 Å². The minimum atomic E-state index is 0.685. The highest BCUT2D eigenvalue weighted by Gasteiger charge is 2.14. The van der Waals surface area contributed by atoms with Crippen LogP contribution in [0.1, 0.15) is 0 Å². The van der Waals surface area contributed by atoms with Gasteiger partial charge in [0.25, 0.3) is 0 Å². The summed E-state index contributed by atoms with van der Waals surface area (Å²) < 4.78 is 2.94. The van der Waals surface area contributed by atoms with Crippen LogP contribution in [0.2, 0.25) is 0 Å². The number of para-hydroxylation sites is 1. The smallest absolute Gasteiger partial charge is 0.225 e. The molecule has 2 heterocycles. The number of pyridine rings is 1. The second-order valence-electron chi connectivity index (χ2n) is 4.08. The maximum absolute atomic E-state index is 11.8. The average Bonchev–Trinajstić information content (AvgIpc) is 2.68. The summed E-state index contributed by atoms with van der Waals surface area (Å²) in [4.78, 5) is 0. The number of hydrogen-bond acceptors (Lipinski definition) is 1. The predicted molar refractivity (Wildman–Crippen MR) is 67.3 cm³/mol. The van der Waals surface area contributed by atoms with Gasteiger partial charge in [0.15, 0.2) is 6.20 Å². The Morgan fingerprint density at radius 3 is 2.65 bits per heavy atom. The first-order valence-electron chi connectivity index (χ1n) is 5.50. The van der Waals surface area contributed by atoms with Crippen molar-refractivity contribution in [2.24, 2.45) is 7.05 Å². The lowest BCUT2D eigenvalue weighted by molar-refractivity contribution is -0.593. The number of fused-ring (bicyclic) bond motifs is 1.